The predicted octanol–water partition coefficient (Wildman–Crippen LogP) is 5.69. The van der Waals surface area contributed by atoms with Gasteiger partial charge < -0.3 is 4.90 Å². The third kappa shape index (κ3) is 2.46. The van der Waals surface area contributed by atoms with E-state index in [1.165, 1.54) is 40.1 Å². The van der Waals surface area contributed by atoms with Crippen LogP contribution in [0.25, 0.3) is 0 Å². The lowest BCUT2D eigenvalue weighted by Gasteiger charge is -2.33. The first kappa shape index (κ1) is 15.0. The van der Waals surface area contributed by atoms with Crippen molar-refractivity contribution in [3.05, 3.63) is 89.2 Å². The van der Waals surface area contributed by atoms with E-state index in [9.17, 15) is 0 Å². The van der Waals surface area contributed by atoms with E-state index in [0.717, 1.165) is 5.69 Å². The van der Waals surface area contributed by atoms with Crippen molar-refractivity contribution in [1.29, 1.82) is 0 Å². The van der Waals surface area contributed by atoms with Gasteiger partial charge in [0.2, 0.25) is 0 Å². The van der Waals surface area contributed by atoms with Gasteiger partial charge in [0.05, 0.1) is 11.7 Å². The molecule has 3 aromatic rings. The molecule has 124 valence electrons. The largest absolute Gasteiger partial charge is 0.347 e. The van der Waals surface area contributed by atoms with Crippen LogP contribution < -0.4 is 4.90 Å². The number of aromatic nitrogens is 1. The van der Waals surface area contributed by atoms with Crippen LogP contribution >= 0.6 is 11.8 Å². The maximum Gasteiger partial charge on any atom is 0.107 e. The Morgan fingerprint density at radius 1 is 1.00 bits per heavy atom. The second-order valence-corrected chi connectivity index (χ2v) is 7.95. The van der Waals surface area contributed by atoms with E-state index in [4.69, 9.17) is 0 Å². The molecule has 2 aliphatic rings. The molecule has 0 N–H and O–H groups in total. The Balaban J connectivity index is 1.62. The minimum Gasteiger partial charge on any atom is -0.347 e. The summed E-state index contributed by atoms with van der Waals surface area (Å²) in [5, 5.41) is 0.293. The first-order chi connectivity index (χ1) is 12.3. The van der Waals surface area contributed by atoms with E-state index in [2.05, 4.69) is 70.5 Å². The lowest BCUT2D eigenvalue weighted by atomic mass is 10.0. The van der Waals surface area contributed by atoms with Gasteiger partial charge in [-0.05, 0) is 49.1 Å². The predicted molar refractivity (Wildman–Crippen MR) is 104 cm³/mol. The SMILES string of the molecule is Cc1ccc([C@@H]2Sc3ccccc3N2C2CCc3ccccc32)cn1. The Kier molecular flexibility index (Phi) is 3.56. The Bertz CT molecular complexity index is 919. The van der Waals surface area contributed by atoms with Gasteiger partial charge in [0, 0.05) is 22.3 Å². The normalized spacial score (nSPS) is 21.2. The molecule has 2 atom stereocenters. The van der Waals surface area contributed by atoms with Crippen molar-refractivity contribution in [1.82, 2.24) is 4.98 Å². The molecule has 5 rings (SSSR count). The van der Waals surface area contributed by atoms with Crippen LogP contribution in [0.1, 0.15) is 40.2 Å². The maximum atomic E-state index is 4.55. The van der Waals surface area contributed by atoms with E-state index >= 15 is 0 Å². The first-order valence-electron chi connectivity index (χ1n) is 8.85. The van der Waals surface area contributed by atoms with Crippen molar-refractivity contribution < 1.29 is 0 Å². The lowest BCUT2D eigenvalue weighted by molar-refractivity contribution is 0.609. The van der Waals surface area contributed by atoms with Gasteiger partial charge in [0.1, 0.15) is 5.37 Å². The van der Waals surface area contributed by atoms with Crippen LogP contribution in [-0.4, -0.2) is 4.98 Å². The summed E-state index contributed by atoms with van der Waals surface area (Å²) in [5.41, 5.74) is 6.71. The van der Waals surface area contributed by atoms with Crippen LogP contribution in [0.2, 0.25) is 0 Å². The number of benzene rings is 2. The molecule has 1 aliphatic carbocycles. The van der Waals surface area contributed by atoms with Gasteiger partial charge in [-0.3, -0.25) is 4.98 Å². The molecule has 2 aromatic carbocycles. The molecule has 0 spiro atoms. The molecule has 2 heterocycles. The van der Waals surface area contributed by atoms with Crippen LogP contribution in [0.3, 0.4) is 0 Å². The number of thioether (sulfide) groups is 1. The number of rotatable bonds is 2. The molecular formula is C22H20N2S. The van der Waals surface area contributed by atoms with E-state index in [-0.39, 0.29) is 0 Å². The number of hydrogen-bond acceptors (Lipinski definition) is 3. The van der Waals surface area contributed by atoms with Crippen molar-refractivity contribution in [2.24, 2.45) is 0 Å². The van der Waals surface area contributed by atoms with Gasteiger partial charge in [0.15, 0.2) is 0 Å². The van der Waals surface area contributed by atoms with Crippen molar-refractivity contribution >= 4 is 17.4 Å². The highest BCUT2D eigenvalue weighted by atomic mass is 32.2. The fourth-order valence-corrected chi connectivity index (χ4v) is 5.42. The minimum atomic E-state index is 0.293. The maximum absolute atomic E-state index is 4.55. The van der Waals surface area contributed by atoms with Gasteiger partial charge in [-0.15, -0.1) is 0 Å². The average molecular weight is 344 g/mol. The summed E-state index contributed by atoms with van der Waals surface area (Å²) in [6, 6.07) is 22.5. The van der Waals surface area contributed by atoms with Crippen molar-refractivity contribution in [2.45, 2.75) is 36.1 Å². The van der Waals surface area contributed by atoms with Crippen molar-refractivity contribution in [3.8, 4) is 0 Å². The van der Waals surface area contributed by atoms with E-state index in [0.29, 0.717) is 11.4 Å². The summed E-state index contributed by atoms with van der Waals surface area (Å²) in [6.45, 7) is 2.05. The molecular weight excluding hydrogens is 324 g/mol. The molecule has 0 radical (unpaired) electrons. The summed E-state index contributed by atoms with van der Waals surface area (Å²) in [5.74, 6) is 0. The standard InChI is InChI=1S/C22H20N2S/c1-15-10-11-17(14-23-15)22-24(20-8-4-5-9-21(20)25-22)19-13-12-16-6-2-3-7-18(16)19/h2-11,14,19,22H,12-13H2,1H3/t19?,22-/m0/s1. The minimum absolute atomic E-state index is 0.293. The van der Waals surface area contributed by atoms with Crippen LogP contribution in [0.5, 0.6) is 0 Å². The van der Waals surface area contributed by atoms with Crippen LogP contribution in [0, 0.1) is 6.92 Å². The Labute approximate surface area is 152 Å². The molecule has 3 heteroatoms. The van der Waals surface area contributed by atoms with Crippen LogP contribution in [0.4, 0.5) is 5.69 Å². The van der Waals surface area contributed by atoms with E-state index in [1.54, 1.807) is 0 Å². The zero-order valence-electron chi connectivity index (χ0n) is 14.2. The van der Waals surface area contributed by atoms with Gasteiger partial charge in [-0.25, -0.2) is 0 Å². The lowest BCUT2D eigenvalue weighted by Crippen LogP contribution is -2.27. The highest BCUT2D eigenvalue weighted by Gasteiger charge is 2.39. The van der Waals surface area contributed by atoms with Crippen LogP contribution in [0.15, 0.2) is 71.8 Å². The monoisotopic (exact) mass is 344 g/mol. The molecule has 1 aliphatic heterocycles. The molecule has 0 saturated heterocycles. The molecule has 0 amide bonds. The summed E-state index contributed by atoms with van der Waals surface area (Å²) in [6.07, 6.45) is 4.40. The van der Waals surface area contributed by atoms with Crippen LogP contribution in [-0.2, 0) is 6.42 Å². The number of para-hydroxylation sites is 1. The molecule has 1 unspecified atom stereocenters. The highest BCUT2D eigenvalue weighted by Crippen LogP contribution is 2.56. The van der Waals surface area contributed by atoms with Crippen molar-refractivity contribution in [2.75, 3.05) is 4.90 Å². The molecule has 0 fully saturated rings. The van der Waals surface area contributed by atoms with Gasteiger partial charge in [0.25, 0.3) is 0 Å². The molecule has 1 aromatic heterocycles. The number of aryl methyl sites for hydroxylation is 2. The Morgan fingerprint density at radius 3 is 2.72 bits per heavy atom. The second-order valence-electron chi connectivity index (χ2n) is 6.83. The third-order valence-corrected chi connectivity index (χ3v) is 6.61. The van der Waals surface area contributed by atoms with Crippen molar-refractivity contribution in [3.63, 3.8) is 0 Å². The topological polar surface area (TPSA) is 16.1 Å². The summed E-state index contributed by atoms with van der Waals surface area (Å²) >= 11 is 1.95. The zero-order chi connectivity index (χ0) is 16.8. The van der Waals surface area contributed by atoms with Gasteiger partial charge in [-0.1, -0.05) is 54.2 Å². The van der Waals surface area contributed by atoms with Gasteiger partial charge >= 0.3 is 0 Å². The summed E-state index contributed by atoms with van der Waals surface area (Å²) < 4.78 is 0. The van der Waals surface area contributed by atoms with E-state index in [1.807, 2.05) is 24.9 Å². The highest BCUT2D eigenvalue weighted by molar-refractivity contribution is 8.00. The number of anilines is 1. The zero-order valence-corrected chi connectivity index (χ0v) is 15.0. The number of fused-ring (bicyclic) bond motifs is 2. The molecule has 0 saturated carbocycles. The number of nitrogens with zero attached hydrogens (tertiary/aromatic N) is 2. The Hall–Kier alpha value is -2.26. The second kappa shape index (κ2) is 5.92. The summed E-state index contributed by atoms with van der Waals surface area (Å²) in [4.78, 5) is 8.55. The van der Waals surface area contributed by atoms with E-state index < -0.39 is 0 Å². The number of pyridine rings is 1. The smallest absolute Gasteiger partial charge is 0.107 e. The first-order valence-corrected chi connectivity index (χ1v) is 9.73. The fraction of sp³-hybridized carbons (Fsp3) is 0.227. The quantitative estimate of drug-likeness (QED) is 0.594. The third-order valence-electron chi connectivity index (χ3n) is 5.29. The summed E-state index contributed by atoms with van der Waals surface area (Å²) in [7, 11) is 0. The Morgan fingerprint density at radius 2 is 1.84 bits per heavy atom. The van der Waals surface area contributed by atoms with Gasteiger partial charge in [-0.2, -0.15) is 0 Å². The molecule has 25 heavy (non-hydrogen) atoms. The number of hydrogen-bond donors (Lipinski definition) is 0. The average Bonchev–Trinajstić information content (AvgIpc) is 3.23. The fourth-order valence-electron chi connectivity index (χ4n) is 4.08. The molecule has 0 bridgehead atoms. The molecule has 2 nitrogen and oxygen atoms in total.